The lowest BCUT2D eigenvalue weighted by Crippen LogP contribution is -2.26. The number of nitrogens with two attached hydrogens (primary N) is 1. The Morgan fingerprint density at radius 3 is 2.58 bits per heavy atom. The van der Waals surface area contributed by atoms with E-state index in [1.165, 1.54) is 10.9 Å². The van der Waals surface area contributed by atoms with Crippen LogP contribution in [0.4, 0.5) is 9.18 Å². The summed E-state index contributed by atoms with van der Waals surface area (Å²) in [5.74, 6) is 0.635. The highest BCUT2D eigenvalue weighted by Crippen LogP contribution is 2.30. The zero-order chi connectivity index (χ0) is 28.7. The molecule has 4 aromatic rings. The zero-order valence-corrected chi connectivity index (χ0v) is 24.4. The molecule has 14 heteroatoms. The third-order valence-electron chi connectivity index (χ3n) is 5.88. The summed E-state index contributed by atoms with van der Waals surface area (Å²) in [6.07, 6.45) is 2.32. The van der Waals surface area contributed by atoms with E-state index < -0.39 is 19.9 Å². The first-order chi connectivity index (χ1) is 19.1. The molecule has 0 aliphatic heterocycles. The SMILES string of the molecule is C[Si](C)(C)CCOCn1cnc(-c2ccc(-c3ccc(Cn4cnn(C/C(=C/F)COC(N)=O)c4=O)s3)cc2)n1. The van der Waals surface area contributed by atoms with Gasteiger partial charge in [-0.2, -0.15) is 5.10 Å². The molecule has 3 aromatic heterocycles. The van der Waals surface area contributed by atoms with Crippen LogP contribution in [-0.4, -0.2) is 56.5 Å². The number of nitrogens with zero attached hydrogens (tertiary/aromatic N) is 6. The topological polar surface area (TPSA) is 132 Å². The molecule has 0 spiro atoms. The molecule has 11 nitrogen and oxygen atoms in total. The van der Waals surface area contributed by atoms with E-state index in [0.29, 0.717) is 19.1 Å². The van der Waals surface area contributed by atoms with Crippen LogP contribution in [0.1, 0.15) is 4.88 Å². The molecule has 0 saturated heterocycles. The maximum atomic E-state index is 13.1. The molecular formula is C26H32FN7O4SSi. The van der Waals surface area contributed by atoms with Gasteiger partial charge >= 0.3 is 11.8 Å². The van der Waals surface area contributed by atoms with Gasteiger partial charge in [0.1, 0.15) is 26.0 Å². The van der Waals surface area contributed by atoms with Crippen LogP contribution >= 0.6 is 11.3 Å². The molecule has 0 aliphatic carbocycles. The van der Waals surface area contributed by atoms with E-state index in [2.05, 4.69) is 39.6 Å². The third kappa shape index (κ3) is 8.06. The van der Waals surface area contributed by atoms with Gasteiger partial charge in [-0.15, -0.1) is 16.4 Å². The maximum Gasteiger partial charge on any atom is 0.404 e. The van der Waals surface area contributed by atoms with Crippen molar-refractivity contribution in [3.63, 3.8) is 0 Å². The van der Waals surface area contributed by atoms with Crippen molar-refractivity contribution in [2.45, 2.75) is 45.5 Å². The molecule has 40 heavy (non-hydrogen) atoms. The van der Waals surface area contributed by atoms with Gasteiger partial charge in [0, 0.05) is 35.6 Å². The van der Waals surface area contributed by atoms with Crippen molar-refractivity contribution in [3.8, 4) is 21.8 Å². The number of rotatable bonds is 13. The molecule has 1 amide bonds. The Labute approximate surface area is 235 Å². The average Bonchev–Trinajstić information content (AvgIpc) is 3.66. The maximum absolute atomic E-state index is 13.1. The third-order valence-corrected chi connectivity index (χ3v) is 8.70. The van der Waals surface area contributed by atoms with E-state index in [0.717, 1.165) is 38.2 Å². The minimum Gasteiger partial charge on any atom is -0.445 e. The number of hydrogen-bond acceptors (Lipinski definition) is 8. The number of amides is 1. The summed E-state index contributed by atoms with van der Waals surface area (Å²) in [6.45, 7) is 7.87. The fourth-order valence-corrected chi connectivity index (χ4v) is 5.42. The molecule has 0 aliphatic rings. The van der Waals surface area contributed by atoms with Crippen molar-refractivity contribution < 1.29 is 18.7 Å². The summed E-state index contributed by atoms with van der Waals surface area (Å²) in [4.78, 5) is 29.8. The second-order valence-electron chi connectivity index (χ2n) is 10.4. The minimum absolute atomic E-state index is 0.0563. The van der Waals surface area contributed by atoms with Crippen LogP contribution in [0.3, 0.4) is 0 Å². The van der Waals surface area contributed by atoms with E-state index in [1.807, 2.05) is 36.4 Å². The van der Waals surface area contributed by atoms with Crippen LogP contribution in [0.15, 0.2) is 65.8 Å². The molecule has 212 valence electrons. The Bertz CT molecular complexity index is 1520. The number of carbonyl (C=O) groups is 1. The van der Waals surface area contributed by atoms with E-state index in [-0.39, 0.29) is 25.1 Å². The van der Waals surface area contributed by atoms with Gasteiger partial charge in [0.15, 0.2) is 5.82 Å². The summed E-state index contributed by atoms with van der Waals surface area (Å²) < 4.78 is 27.7. The lowest BCUT2D eigenvalue weighted by atomic mass is 10.1. The van der Waals surface area contributed by atoms with E-state index in [4.69, 9.17) is 10.5 Å². The lowest BCUT2D eigenvalue weighted by molar-refractivity contribution is 0.0785. The van der Waals surface area contributed by atoms with Gasteiger partial charge < -0.3 is 15.2 Å². The Kier molecular flexibility index (Phi) is 9.45. The number of benzene rings is 1. The summed E-state index contributed by atoms with van der Waals surface area (Å²) in [5.41, 5.74) is 6.49. The first-order valence-corrected chi connectivity index (χ1v) is 17.1. The quantitative estimate of drug-likeness (QED) is 0.182. The summed E-state index contributed by atoms with van der Waals surface area (Å²) in [6, 6.07) is 13.0. The number of aromatic nitrogens is 6. The largest absolute Gasteiger partial charge is 0.445 e. The molecule has 3 heterocycles. The van der Waals surface area contributed by atoms with Crippen molar-refractivity contribution in [2.75, 3.05) is 13.2 Å². The Morgan fingerprint density at radius 1 is 1.12 bits per heavy atom. The van der Waals surface area contributed by atoms with Crippen molar-refractivity contribution in [3.05, 3.63) is 76.3 Å². The predicted molar refractivity (Wildman–Crippen MR) is 153 cm³/mol. The summed E-state index contributed by atoms with van der Waals surface area (Å²) >= 11 is 1.56. The molecular weight excluding hydrogens is 553 g/mol. The van der Waals surface area contributed by atoms with Crippen molar-refractivity contribution in [2.24, 2.45) is 5.73 Å². The van der Waals surface area contributed by atoms with Crippen molar-refractivity contribution >= 4 is 25.5 Å². The lowest BCUT2D eigenvalue weighted by Gasteiger charge is -2.15. The Hall–Kier alpha value is -3.88. The highest BCUT2D eigenvalue weighted by atomic mass is 32.1. The standard InChI is InChI=1S/C26H32FN7O4SSi/c1-40(2,3)11-10-37-18-33-16-29-24(31-33)21-6-4-20(5-7-21)23-9-8-22(39-23)14-32-17-30-34(26(32)36)13-19(12-27)15-38-25(28)35/h4-9,12,16-17H,10-11,13-15,18H2,1-3H3,(H2,28,35)/b19-12-. The van der Waals surface area contributed by atoms with Gasteiger partial charge in [-0.1, -0.05) is 43.9 Å². The van der Waals surface area contributed by atoms with Gasteiger partial charge in [-0.3, -0.25) is 4.57 Å². The molecule has 0 atom stereocenters. The second kappa shape index (κ2) is 13.0. The Morgan fingerprint density at radius 2 is 1.88 bits per heavy atom. The second-order valence-corrected chi connectivity index (χ2v) is 17.2. The number of primary amides is 1. The first kappa shape index (κ1) is 29.1. The zero-order valence-electron chi connectivity index (χ0n) is 22.6. The predicted octanol–water partition coefficient (Wildman–Crippen LogP) is 4.34. The van der Waals surface area contributed by atoms with E-state index >= 15 is 0 Å². The fourth-order valence-electron chi connectivity index (χ4n) is 3.65. The molecule has 1 aromatic carbocycles. The highest BCUT2D eigenvalue weighted by molar-refractivity contribution is 7.15. The van der Waals surface area contributed by atoms with Crippen LogP contribution in [0.25, 0.3) is 21.8 Å². The summed E-state index contributed by atoms with van der Waals surface area (Å²) in [5, 5.41) is 8.56. The highest BCUT2D eigenvalue weighted by Gasteiger charge is 2.13. The molecule has 0 radical (unpaired) electrons. The number of ether oxygens (including phenoxy) is 2. The van der Waals surface area contributed by atoms with E-state index in [9.17, 15) is 14.0 Å². The van der Waals surface area contributed by atoms with E-state index in [1.54, 1.807) is 22.3 Å². The monoisotopic (exact) mass is 585 g/mol. The van der Waals surface area contributed by atoms with Crippen LogP contribution in [0.5, 0.6) is 0 Å². The number of hydrogen-bond donors (Lipinski definition) is 1. The smallest absolute Gasteiger partial charge is 0.404 e. The van der Waals surface area contributed by atoms with Crippen LogP contribution in [0.2, 0.25) is 25.7 Å². The minimum atomic E-state index is -1.13. The van der Waals surface area contributed by atoms with Gasteiger partial charge in [0.25, 0.3) is 0 Å². The molecule has 0 fully saturated rings. The molecule has 0 saturated carbocycles. The molecule has 4 rings (SSSR count). The fraction of sp³-hybridized carbons (Fsp3) is 0.346. The number of carbonyl (C=O) groups excluding carboxylic acids is 1. The van der Waals surface area contributed by atoms with Crippen molar-refractivity contribution in [1.29, 1.82) is 0 Å². The first-order valence-electron chi connectivity index (χ1n) is 12.6. The normalized spacial score (nSPS) is 12.2. The Balaban J connectivity index is 1.35. The van der Waals surface area contributed by atoms with Gasteiger partial charge in [-0.05, 0) is 23.7 Å². The van der Waals surface area contributed by atoms with Crippen LogP contribution < -0.4 is 11.4 Å². The molecule has 0 bridgehead atoms. The molecule has 2 N–H and O–H groups in total. The van der Waals surface area contributed by atoms with Crippen LogP contribution in [0, 0.1) is 0 Å². The molecule has 0 unspecified atom stereocenters. The summed E-state index contributed by atoms with van der Waals surface area (Å²) in [7, 11) is -1.13. The van der Waals surface area contributed by atoms with Gasteiger partial charge in [-0.25, -0.2) is 28.3 Å². The van der Waals surface area contributed by atoms with Crippen LogP contribution in [-0.2, 0) is 29.3 Å². The number of halogens is 1. The van der Waals surface area contributed by atoms with Crippen molar-refractivity contribution in [1.82, 2.24) is 29.1 Å². The average molecular weight is 586 g/mol. The van der Waals surface area contributed by atoms with Gasteiger partial charge in [0.05, 0.1) is 19.4 Å². The van der Waals surface area contributed by atoms with Gasteiger partial charge in [0.2, 0.25) is 0 Å². The number of thiophene rings is 1.